The van der Waals surface area contributed by atoms with Gasteiger partial charge in [0.05, 0.1) is 16.8 Å². The molecule has 22 heavy (non-hydrogen) atoms. The van der Waals surface area contributed by atoms with E-state index in [0.29, 0.717) is 10.6 Å². The van der Waals surface area contributed by atoms with Gasteiger partial charge in [0, 0.05) is 15.5 Å². The topological polar surface area (TPSA) is 72.2 Å². The first kappa shape index (κ1) is 16.4. The SMILES string of the molecule is Cc1ccc(S(=O)c2cccc(NC(=O)C(C)N)c2)cc1C. The Balaban J connectivity index is 2.26. The van der Waals surface area contributed by atoms with E-state index in [9.17, 15) is 9.00 Å². The second-order valence-corrected chi connectivity index (χ2v) is 6.80. The highest BCUT2D eigenvalue weighted by molar-refractivity contribution is 7.85. The molecule has 0 aliphatic carbocycles. The van der Waals surface area contributed by atoms with Crippen molar-refractivity contribution < 1.29 is 9.00 Å². The Morgan fingerprint density at radius 1 is 1.09 bits per heavy atom. The fraction of sp³-hybridized carbons (Fsp3) is 0.235. The summed E-state index contributed by atoms with van der Waals surface area (Å²) in [6, 6.07) is 12.2. The van der Waals surface area contributed by atoms with Crippen molar-refractivity contribution in [1.29, 1.82) is 0 Å². The Bertz CT molecular complexity index is 726. The van der Waals surface area contributed by atoms with Gasteiger partial charge in [0.2, 0.25) is 5.91 Å². The minimum atomic E-state index is -1.28. The summed E-state index contributed by atoms with van der Waals surface area (Å²) in [6.07, 6.45) is 0. The first-order chi connectivity index (χ1) is 10.4. The van der Waals surface area contributed by atoms with E-state index in [4.69, 9.17) is 5.73 Å². The van der Waals surface area contributed by atoms with E-state index in [2.05, 4.69) is 5.32 Å². The molecule has 2 aromatic carbocycles. The maximum Gasteiger partial charge on any atom is 0.240 e. The Morgan fingerprint density at radius 2 is 1.77 bits per heavy atom. The van der Waals surface area contributed by atoms with Crippen molar-refractivity contribution in [2.45, 2.75) is 36.6 Å². The molecule has 0 heterocycles. The number of carbonyl (C=O) groups is 1. The second kappa shape index (κ2) is 6.85. The van der Waals surface area contributed by atoms with Gasteiger partial charge in [-0.05, 0) is 62.2 Å². The standard InChI is InChI=1S/C17H20N2O2S/c1-11-7-8-16(9-12(11)2)22(21)15-6-4-5-14(10-15)19-17(20)13(3)18/h4-10,13H,18H2,1-3H3,(H,19,20). The number of benzene rings is 2. The number of hydrogen-bond donors (Lipinski definition) is 2. The fourth-order valence-corrected chi connectivity index (χ4v) is 3.09. The third-order valence-corrected chi connectivity index (χ3v) is 4.79. The lowest BCUT2D eigenvalue weighted by Crippen LogP contribution is -2.32. The van der Waals surface area contributed by atoms with Crippen LogP contribution in [0, 0.1) is 13.8 Å². The van der Waals surface area contributed by atoms with Gasteiger partial charge in [-0.15, -0.1) is 0 Å². The maximum atomic E-state index is 12.7. The van der Waals surface area contributed by atoms with Crippen molar-refractivity contribution in [3.63, 3.8) is 0 Å². The van der Waals surface area contributed by atoms with Crippen LogP contribution in [0.4, 0.5) is 5.69 Å². The summed E-state index contributed by atoms with van der Waals surface area (Å²) in [4.78, 5) is 13.0. The maximum absolute atomic E-state index is 12.7. The second-order valence-electron chi connectivity index (χ2n) is 5.32. The minimum absolute atomic E-state index is 0.269. The number of aryl methyl sites for hydroxylation is 2. The Labute approximate surface area is 133 Å². The molecule has 0 fully saturated rings. The minimum Gasteiger partial charge on any atom is -0.325 e. The van der Waals surface area contributed by atoms with Crippen molar-refractivity contribution in [1.82, 2.24) is 0 Å². The number of anilines is 1. The van der Waals surface area contributed by atoms with Crippen LogP contribution in [0.5, 0.6) is 0 Å². The molecule has 116 valence electrons. The Morgan fingerprint density at radius 3 is 2.41 bits per heavy atom. The average Bonchev–Trinajstić information content (AvgIpc) is 2.49. The molecule has 4 nitrogen and oxygen atoms in total. The predicted molar refractivity (Wildman–Crippen MR) is 89.3 cm³/mol. The Hall–Kier alpha value is -1.98. The van der Waals surface area contributed by atoms with Crippen LogP contribution < -0.4 is 11.1 Å². The zero-order valence-corrected chi connectivity index (χ0v) is 13.7. The predicted octanol–water partition coefficient (Wildman–Crippen LogP) is 2.76. The summed E-state index contributed by atoms with van der Waals surface area (Å²) < 4.78 is 12.7. The van der Waals surface area contributed by atoms with Gasteiger partial charge in [0.15, 0.2) is 0 Å². The number of rotatable bonds is 4. The molecule has 2 rings (SSSR count). The summed E-state index contributed by atoms with van der Waals surface area (Å²) in [5.74, 6) is -0.269. The molecule has 5 heteroatoms. The zero-order valence-electron chi connectivity index (χ0n) is 12.9. The van der Waals surface area contributed by atoms with Crippen molar-refractivity contribution in [2.24, 2.45) is 5.73 Å². The van der Waals surface area contributed by atoms with Crippen molar-refractivity contribution in [3.05, 3.63) is 53.6 Å². The molecule has 1 amide bonds. The van der Waals surface area contributed by atoms with Gasteiger partial charge in [-0.3, -0.25) is 4.79 Å². The summed E-state index contributed by atoms with van der Waals surface area (Å²) in [5.41, 5.74) is 8.40. The lowest BCUT2D eigenvalue weighted by Gasteiger charge is -2.10. The lowest BCUT2D eigenvalue weighted by molar-refractivity contribution is -0.117. The summed E-state index contributed by atoms with van der Waals surface area (Å²) in [7, 11) is -1.28. The molecule has 2 atom stereocenters. The molecule has 0 radical (unpaired) electrons. The van der Waals surface area contributed by atoms with Gasteiger partial charge in [-0.1, -0.05) is 12.1 Å². The largest absolute Gasteiger partial charge is 0.325 e. The molecular formula is C17H20N2O2S. The van der Waals surface area contributed by atoms with Crippen LogP contribution in [0.3, 0.4) is 0 Å². The van der Waals surface area contributed by atoms with E-state index in [1.807, 2.05) is 32.0 Å². The van der Waals surface area contributed by atoms with Crippen LogP contribution >= 0.6 is 0 Å². The van der Waals surface area contributed by atoms with Crippen LogP contribution in [0.1, 0.15) is 18.1 Å². The van der Waals surface area contributed by atoms with E-state index >= 15 is 0 Å². The van der Waals surface area contributed by atoms with Gasteiger partial charge in [-0.2, -0.15) is 0 Å². The molecule has 0 aromatic heterocycles. The molecule has 2 aromatic rings. The molecule has 0 saturated carbocycles. The van der Waals surface area contributed by atoms with Crippen LogP contribution in [0.25, 0.3) is 0 Å². The highest BCUT2D eigenvalue weighted by Crippen LogP contribution is 2.21. The average molecular weight is 316 g/mol. The van der Waals surface area contributed by atoms with Crippen LogP contribution in [-0.2, 0) is 15.6 Å². The third-order valence-electron chi connectivity index (χ3n) is 3.42. The van der Waals surface area contributed by atoms with Crippen LogP contribution in [0.15, 0.2) is 52.3 Å². The molecule has 0 spiro atoms. The summed E-state index contributed by atoms with van der Waals surface area (Å²) in [5, 5.41) is 2.71. The fourth-order valence-electron chi connectivity index (χ4n) is 1.91. The van der Waals surface area contributed by atoms with Crippen molar-refractivity contribution in [3.8, 4) is 0 Å². The molecule has 0 saturated heterocycles. The number of hydrogen-bond acceptors (Lipinski definition) is 3. The molecule has 3 N–H and O–H groups in total. The van der Waals surface area contributed by atoms with Gasteiger partial charge in [0.1, 0.15) is 0 Å². The van der Waals surface area contributed by atoms with E-state index in [-0.39, 0.29) is 5.91 Å². The van der Waals surface area contributed by atoms with Crippen LogP contribution in [0.2, 0.25) is 0 Å². The van der Waals surface area contributed by atoms with Crippen molar-refractivity contribution >= 4 is 22.4 Å². The number of nitrogens with one attached hydrogen (secondary N) is 1. The molecule has 0 aliphatic heterocycles. The number of amides is 1. The van der Waals surface area contributed by atoms with E-state index < -0.39 is 16.8 Å². The van der Waals surface area contributed by atoms with Crippen molar-refractivity contribution in [2.75, 3.05) is 5.32 Å². The monoisotopic (exact) mass is 316 g/mol. The smallest absolute Gasteiger partial charge is 0.240 e. The molecular weight excluding hydrogens is 296 g/mol. The van der Waals surface area contributed by atoms with Gasteiger partial charge >= 0.3 is 0 Å². The normalized spacial score (nSPS) is 13.5. The van der Waals surface area contributed by atoms with Crippen LogP contribution in [-0.4, -0.2) is 16.2 Å². The van der Waals surface area contributed by atoms with Gasteiger partial charge in [-0.25, -0.2) is 4.21 Å². The van der Waals surface area contributed by atoms with E-state index in [1.165, 1.54) is 5.56 Å². The Kier molecular flexibility index (Phi) is 5.11. The zero-order chi connectivity index (χ0) is 16.3. The lowest BCUT2D eigenvalue weighted by atomic mass is 10.1. The highest BCUT2D eigenvalue weighted by atomic mass is 32.2. The molecule has 2 unspecified atom stereocenters. The first-order valence-electron chi connectivity index (χ1n) is 7.04. The first-order valence-corrected chi connectivity index (χ1v) is 8.19. The summed E-state index contributed by atoms with van der Waals surface area (Å²) >= 11 is 0. The molecule has 0 aliphatic rings. The van der Waals surface area contributed by atoms with Gasteiger partial charge < -0.3 is 11.1 Å². The highest BCUT2D eigenvalue weighted by Gasteiger charge is 2.11. The molecule has 0 bridgehead atoms. The van der Waals surface area contributed by atoms with Gasteiger partial charge in [0.25, 0.3) is 0 Å². The summed E-state index contributed by atoms with van der Waals surface area (Å²) in [6.45, 7) is 5.63. The van der Waals surface area contributed by atoms with E-state index in [1.54, 1.807) is 31.2 Å². The number of carbonyl (C=O) groups excluding carboxylic acids is 1. The third kappa shape index (κ3) is 3.81. The number of nitrogens with two attached hydrogens (primary N) is 1. The van der Waals surface area contributed by atoms with E-state index in [0.717, 1.165) is 10.5 Å². The quantitative estimate of drug-likeness (QED) is 0.911.